The van der Waals surface area contributed by atoms with Crippen LogP contribution in [0.5, 0.6) is 0 Å². The second-order valence-corrected chi connectivity index (χ2v) is 4.26. The number of hydrogen-bond acceptors (Lipinski definition) is 3. The van der Waals surface area contributed by atoms with Crippen molar-refractivity contribution in [2.75, 3.05) is 13.1 Å². The molecule has 0 unspecified atom stereocenters. The van der Waals surface area contributed by atoms with E-state index in [0.29, 0.717) is 6.54 Å². The van der Waals surface area contributed by atoms with E-state index in [1.54, 1.807) is 12.5 Å². The highest BCUT2D eigenvalue weighted by molar-refractivity contribution is 5.78. The zero-order chi connectivity index (χ0) is 11.4. The smallest absolute Gasteiger partial charge is 0.224 e. The lowest BCUT2D eigenvalue weighted by Crippen LogP contribution is -2.40. The number of rotatable bonds is 3. The second kappa shape index (κ2) is 5.12. The molecule has 88 valence electrons. The van der Waals surface area contributed by atoms with Crippen LogP contribution in [-0.4, -0.2) is 28.5 Å². The Morgan fingerprint density at radius 2 is 2.62 bits per heavy atom. The Kier molecular flexibility index (Phi) is 3.56. The Morgan fingerprint density at radius 3 is 3.25 bits per heavy atom. The largest absolute Gasteiger partial charge is 0.350 e. The predicted octanol–water partition coefficient (Wildman–Crippen LogP) is 0.0359. The third-order valence-corrected chi connectivity index (χ3v) is 3.03. The number of imidazole rings is 1. The molecule has 1 aliphatic rings. The van der Waals surface area contributed by atoms with E-state index in [9.17, 15) is 4.79 Å². The normalized spacial score (nSPS) is 20.7. The minimum atomic E-state index is 0.127. The fourth-order valence-corrected chi connectivity index (χ4v) is 1.95. The van der Waals surface area contributed by atoms with Gasteiger partial charge in [-0.1, -0.05) is 0 Å². The minimum Gasteiger partial charge on any atom is -0.350 e. The molecule has 2 heterocycles. The highest BCUT2D eigenvalue weighted by atomic mass is 16.1. The van der Waals surface area contributed by atoms with Crippen molar-refractivity contribution in [2.45, 2.75) is 19.4 Å². The number of aromatic nitrogens is 2. The van der Waals surface area contributed by atoms with E-state index in [1.165, 1.54) is 0 Å². The average molecular weight is 222 g/mol. The molecular formula is C11H18N4O. The van der Waals surface area contributed by atoms with Gasteiger partial charge in [0.15, 0.2) is 0 Å². The van der Waals surface area contributed by atoms with Gasteiger partial charge in [-0.3, -0.25) is 4.79 Å². The summed E-state index contributed by atoms with van der Waals surface area (Å²) in [5.41, 5.74) is 1.03. The third kappa shape index (κ3) is 2.61. The van der Waals surface area contributed by atoms with Gasteiger partial charge in [0.05, 0.1) is 24.5 Å². The van der Waals surface area contributed by atoms with E-state index in [4.69, 9.17) is 0 Å². The van der Waals surface area contributed by atoms with Crippen molar-refractivity contribution in [2.24, 2.45) is 13.0 Å². The fourth-order valence-electron chi connectivity index (χ4n) is 1.95. The van der Waals surface area contributed by atoms with Crippen LogP contribution >= 0.6 is 0 Å². The van der Waals surface area contributed by atoms with Crippen LogP contribution in [0.25, 0.3) is 0 Å². The molecule has 0 aromatic carbocycles. The van der Waals surface area contributed by atoms with Crippen LogP contribution < -0.4 is 10.6 Å². The first kappa shape index (κ1) is 11.1. The lowest BCUT2D eigenvalue weighted by molar-refractivity contribution is -0.125. The summed E-state index contributed by atoms with van der Waals surface area (Å²) in [6.45, 7) is 2.40. The van der Waals surface area contributed by atoms with Crippen molar-refractivity contribution in [3.8, 4) is 0 Å². The SMILES string of the molecule is Cn1cncc1CNC(=O)[C@H]1CCCNC1. The van der Waals surface area contributed by atoms with Crippen LogP contribution in [0.2, 0.25) is 0 Å². The summed E-state index contributed by atoms with van der Waals surface area (Å²) in [5, 5.41) is 6.20. The molecule has 0 bridgehead atoms. The molecule has 0 aliphatic carbocycles. The Balaban J connectivity index is 1.81. The van der Waals surface area contributed by atoms with Crippen molar-refractivity contribution in [1.29, 1.82) is 0 Å². The van der Waals surface area contributed by atoms with Crippen LogP contribution in [-0.2, 0) is 18.4 Å². The lowest BCUT2D eigenvalue weighted by Gasteiger charge is -2.21. The van der Waals surface area contributed by atoms with E-state index in [1.807, 2.05) is 11.6 Å². The number of amides is 1. The molecule has 1 atom stereocenters. The first-order chi connectivity index (χ1) is 7.77. The van der Waals surface area contributed by atoms with Crippen LogP contribution in [0.1, 0.15) is 18.5 Å². The number of aryl methyl sites for hydroxylation is 1. The summed E-state index contributed by atoms with van der Waals surface area (Å²) >= 11 is 0. The van der Waals surface area contributed by atoms with Gasteiger partial charge in [-0.15, -0.1) is 0 Å². The molecule has 1 aliphatic heterocycles. The average Bonchev–Trinajstić information content (AvgIpc) is 2.73. The van der Waals surface area contributed by atoms with Gasteiger partial charge in [0.2, 0.25) is 5.91 Å². The summed E-state index contributed by atoms with van der Waals surface area (Å²) < 4.78 is 1.92. The summed E-state index contributed by atoms with van der Waals surface area (Å²) in [4.78, 5) is 15.8. The van der Waals surface area contributed by atoms with Crippen molar-refractivity contribution in [3.05, 3.63) is 18.2 Å². The standard InChI is InChI=1S/C11H18N4O/c1-15-8-13-6-10(15)7-14-11(16)9-3-2-4-12-5-9/h6,8-9,12H,2-5,7H2,1H3,(H,14,16)/t9-/m0/s1. The molecule has 0 spiro atoms. The summed E-state index contributed by atoms with van der Waals surface area (Å²) in [7, 11) is 1.93. The first-order valence-corrected chi connectivity index (χ1v) is 5.71. The number of carbonyl (C=O) groups is 1. The van der Waals surface area contributed by atoms with Gasteiger partial charge in [-0.2, -0.15) is 0 Å². The molecule has 2 N–H and O–H groups in total. The topological polar surface area (TPSA) is 59.0 Å². The summed E-state index contributed by atoms with van der Waals surface area (Å²) in [5.74, 6) is 0.273. The fraction of sp³-hybridized carbons (Fsp3) is 0.636. The van der Waals surface area contributed by atoms with Crippen molar-refractivity contribution in [1.82, 2.24) is 20.2 Å². The molecule has 1 saturated heterocycles. The molecule has 2 rings (SSSR count). The van der Waals surface area contributed by atoms with Crippen LogP contribution in [0, 0.1) is 5.92 Å². The first-order valence-electron chi connectivity index (χ1n) is 5.71. The van der Waals surface area contributed by atoms with Gasteiger partial charge in [0, 0.05) is 19.8 Å². The zero-order valence-electron chi connectivity index (χ0n) is 9.57. The maximum Gasteiger partial charge on any atom is 0.224 e. The number of carbonyl (C=O) groups excluding carboxylic acids is 1. The maximum atomic E-state index is 11.8. The van der Waals surface area contributed by atoms with E-state index >= 15 is 0 Å². The Labute approximate surface area is 95.2 Å². The highest BCUT2D eigenvalue weighted by Gasteiger charge is 2.20. The molecule has 0 saturated carbocycles. The van der Waals surface area contributed by atoms with Crippen LogP contribution in [0.3, 0.4) is 0 Å². The Morgan fingerprint density at radius 1 is 1.75 bits per heavy atom. The minimum absolute atomic E-state index is 0.127. The molecule has 16 heavy (non-hydrogen) atoms. The number of nitrogens with zero attached hydrogens (tertiary/aromatic N) is 2. The van der Waals surface area contributed by atoms with E-state index in [2.05, 4.69) is 15.6 Å². The van der Waals surface area contributed by atoms with E-state index < -0.39 is 0 Å². The van der Waals surface area contributed by atoms with Gasteiger partial charge in [-0.25, -0.2) is 4.98 Å². The molecule has 0 radical (unpaired) electrons. The number of piperidine rings is 1. The second-order valence-electron chi connectivity index (χ2n) is 4.26. The zero-order valence-corrected chi connectivity index (χ0v) is 9.57. The monoisotopic (exact) mass is 222 g/mol. The van der Waals surface area contributed by atoms with Gasteiger partial charge >= 0.3 is 0 Å². The number of hydrogen-bond donors (Lipinski definition) is 2. The molecule has 5 nitrogen and oxygen atoms in total. The highest BCUT2D eigenvalue weighted by Crippen LogP contribution is 2.09. The molecule has 1 aromatic heterocycles. The summed E-state index contributed by atoms with van der Waals surface area (Å²) in [6.07, 6.45) is 5.59. The van der Waals surface area contributed by atoms with Crippen LogP contribution in [0.4, 0.5) is 0 Å². The Hall–Kier alpha value is -1.36. The number of nitrogens with one attached hydrogen (secondary N) is 2. The van der Waals surface area contributed by atoms with E-state index in [0.717, 1.165) is 31.6 Å². The lowest BCUT2D eigenvalue weighted by atomic mass is 9.99. The Bertz CT molecular complexity index is 355. The van der Waals surface area contributed by atoms with Gasteiger partial charge < -0.3 is 15.2 Å². The molecule has 1 amide bonds. The van der Waals surface area contributed by atoms with Crippen molar-refractivity contribution in [3.63, 3.8) is 0 Å². The third-order valence-electron chi connectivity index (χ3n) is 3.03. The van der Waals surface area contributed by atoms with Gasteiger partial charge in [0.1, 0.15) is 0 Å². The van der Waals surface area contributed by atoms with E-state index in [-0.39, 0.29) is 11.8 Å². The summed E-state index contributed by atoms with van der Waals surface area (Å²) in [6, 6.07) is 0. The van der Waals surface area contributed by atoms with Gasteiger partial charge in [0.25, 0.3) is 0 Å². The van der Waals surface area contributed by atoms with Crippen molar-refractivity contribution < 1.29 is 4.79 Å². The molecule has 5 heteroatoms. The predicted molar refractivity (Wildman–Crippen MR) is 60.6 cm³/mol. The molecule has 1 aromatic rings. The maximum absolute atomic E-state index is 11.8. The molecular weight excluding hydrogens is 204 g/mol. The van der Waals surface area contributed by atoms with Gasteiger partial charge in [-0.05, 0) is 19.4 Å². The van der Waals surface area contributed by atoms with Crippen molar-refractivity contribution >= 4 is 5.91 Å². The molecule has 1 fully saturated rings. The van der Waals surface area contributed by atoms with Crippen LogP contribution in [0.15, 0.2) is 12.5 Å². The quantitative estimate of drug-likeness (QED) is 0.759.